The molecule has 0 fully saturated rings. The number of benzene rings is 1. The van der Waals surface area contributed by atoms with Gasteiger partial charge in [0.2, 0.25) is 0 Å². The van der Waals surface area contributed by atoms with Gasteiger partial charge in [-0.05, 0) is 12.1 Å². The van der Waals surface area contributed by atoms with Crippen LogP contribution in [0.2, 0.25) is 0 Å². The molecule has 3 aromatic rings. The van der Waals surface area contributed by atoms with Crippen LogP contribution in [0.1, 0.15) is 10.8 Å². The van der Waals surface area contributed by atoms with Gasteiger partial charge >= 0.3 is 0 Å². The molecule has 0 radical (unpaired) electrons. The molecule has 108 valence electrons. The second-order valence-electron chi connectivity index (χ2n) is 4.07. The molecule has 0 spiro atoms. The Morgan fingerprint density at radius 2 is 2.14 bits per heavy atom. The molecule has 0 saturated carbocycles. The Morgan fingerprint density at radius 3 is 2.90 bits per heavy atom. The second-order valence-corrected chi connectivity index (χ2v) is 6.03. The lowest BCUT2D eigenvalue weighted by Crippen LogP contribution is -1.94. The van der Waals surface area contributed by atoms with Crippen LogP contribution in [-0.2, 0) is 12.3 Å². The van der Waals surface area contributed by atoms with Crippen LogP contribution in [0.15, 0.2) is 39.1 Å². The van der Waals surface area contributed by atoms with Crippen molar-refractivity contribution in [1.29, 1.82) is 0 Å². The summed E-state index contributed by atoms with van der Waals surface area (Å²) in [5.74, 6) is 1.03. The predicted molar refractivity (Wildman–Crippen MR) is 79.3 cm³/mol. The summed E-state index contributed by atoms with van der Waals surface area (Å²) in [4.78, 5) is 9.09. The van der Waals surface area contributed by atoms with Gasteiger partial charge in [-0.1, -0.05) is 17.3 Å². The van der Waals surface area contributed by atoms with Crippen molar-refractivity contribution in [3.63, 3.8) is 0 Å². The third-order valence-corrected chi connectivity index (χ3v) is 4.52. The average molecular weight is 322 g/mol. The number of halogens is 1. The third kappa shape index (κ3) is 3.29. The number of thioether (sulfide) groups is 1. The van der Waals surface area contributed by atoms with E-state index in [0.717, 1.165) is 5.01 Å². The molecule has 0 saturated heterocycles. The zero-order chi connectivity index (χ0) is 14.7. The van der Waals surface area contributed by atoms with Crippen LogP contribution in [0.3, 0.4) is 0 Å². The summed E-state index contributed by atoms with van der Waals surface area (Å²) in [6, 6.07) is 6.59. The van der Waals surface area contributed by atoms with E-state index >= 15 is 0 Å². The van der Waals surface area contributed by atoms with Crippen LogP contribution in [0.5, 0.6) is 0 Å². The second kappa shape index (κ2) is 6.33. The lowest BCUT2D eigenvalue weighted by molar-refractivity contribution is 0.424. The van der Waals surface area contributed by atoms with Gasteiger partial charge in [0.05, 0.1) is 5.75 Å². The molecule has 0 aliphatic heterocycles. The fraction of sp³-hybridized carbons (Fsp3) is 0.154. The van der Waals surface area contributed by atoms with Crippen molar-refractivity contribution in [2.45, 2.75) is 17.2 Å². The Labute approximate surface area is 128 Å². The van der Waals surface area contributed by atoms with Gasteiger partial charge < -0.3 is 10.3 Å². The summed E-state index contributed by atoms with van der Waals surface area (Å²) in [5, 5.41) is 6.51. The first-order chi connectivity index (χ1) is 10.3. The maximum Gasteiger partial charge on any atom is 0.277 e. The zero-order valence-electron chi connectivity index (χ0n) is 10.8. The van der Waals surface area contributed by atoms with E-state index in [0.29, 0.717) is 34.6 Å². The van der Waals surface area contributed by atoms with Crippen LogP contribution in [-0.4, -0.2) is 15.1 Å². The largest absolute Gasteiger partial charge is 0.332 e. The molecule has 0 aliphatic rings. The van der Waals surface area contributed by atoms with Crippen LogP contribution in [0.25, 0.3) is 11.6 Å². The number of nitrogens with two attached hydrogens (primary N) is 1. The van der Waals surface area contributed by atoms with E-state index in [-0.39, 0.29) is 5.82 Å². The standard InChI is InChI=1S/C13H11FN4OS2/c14-8-3-1-2-4-10(8)20-7-11-17-13(19-18-11)9-6-21-12(5-15)16-9/h1-4,6H,5,7,15H2. The highest BCUT2D eigenvalue weighted by Gasteiger charge is 2.13. The number of nitrogens with zero attached hydrogens (tertiary/aromatic N) is 3. The molecule has 0 atom stereocenters. The number of hydrogen-bond donors (Lipinski definition) is 1. The first kappa shape index (κ1) is 14.2. The molecule has 5 nitrogen and oxygen atoms in total. The van der Waals surface area contributed by atoms with E-state index in [4.69, 9.17) is 10.3 Å². The Bertz CT molecular complexity index is 743. The summed E-state index contributed by atoms with van der Waals surface area (Å²) >= 11 is 2.77. The number of thiazole rings is 1. The molecule has 0 aliphatic carbocycles. The molecule has 3 rings (SSSR count). The van der Waals surface area contributed by atoms with Crippen molar-refractivity contribution in [2.75, 3.05) is 0 Å². The number of hydrogen-bond acceptors (Lipinski definition) is 7. The Balaban J connectivity index is 1.69. The maximum absolute atomic E-state index is 13.5. The van der Waals surface area contributed by atoms with Gasteiger partial charge in [0.15, 0.2) is 5.82 Å². The van der Waals surface area contributed by atoms with Crippen molar-refractivity contribution in [3.8, 4) is 11.6 Å². The lowest BCUT2D eigenvalue weighted by atomic mass is 10.3. The first-order valence-corrected chi connectivity index (χ1v) is 7.97. The van der Waals surface area contributed by atoms with E-state index < -0.39 is 0 Å². The fourth-order valence-electron chi connectivity index (χ4n) is 1.62. The smallest absolute Gasteiger partial charge is 0.277 e. The quantitative estimate of drug-likeness (QED) is 0.727. The van der Waals surface area contributed by atoms with Crippen molar-refractivity contribution < 1.29 is 8.91 Å². The minimum absolute atomic E-state index is 0.252. The van der Waals surface area contributed by atoms with Crippen LogP contribution in [0.4, 0.5) is 4.39 Å². The van der Waals surface area contributed by atoms with Crippen LogP contribution >= 0.6 is 23.1 Å². The lowest BCUT2D eigenvalue weighted by Gasteiger charge is -1.98. The van der Waals surface area contributed by atoms with Crippen molar-refractivity contribution >= 4 is 23.1 Å². The summed E-state index contributed by atoms with van der Waals surface area (Å²) in [6.45, 7) is 0.384. The Morgan fingerprint density at radius 1 is 1.29 bits per heavy atom. The van der Waals surface area contributed by atoms with Crippen LogP contribution < -0.4 is 5.73 Å². The highest BCUT2D eigenvalue weighted by atomic mass is 32.2. The Kier molecular flexibility index (Phi) is 4.28. The summed E-state index contributed by atoms with van der Waals surface area (Å²) in [6.07, 6.45) is 0. The molecule has 1 aromatic carbocycles. The van der Waals surface area contributed by atoms with E-state index in [1.165, 1.54) is 29.2 Å². The highest BCUT2D eigenvalue weighted by Crippen LogP contribution is 2.26. The highest BCUT2D eigenvalue weighted by molar-refractivity contribution is 7.98. The van der Waals surface area contributed by atoms with Crippen molar-refractivity contribution in [3.05, 3.63) is 46.3 Å². The summed E-state index contributed by atoms with van der Waals surface area (Å²) < 4.78 is 18.7. The first-order valence-electron chi connectivity index (χ1n) is 6.11. The van der Waals surface area contributed by atoms with Gasteiger partial charge in [-0.25, -0.2) is 9.37 Å². The van der Waals surface area contributed by atoms with E-state index in [2.05, 4.69) is 15.1 Å². The molecule has 0 unspecified atom stereocenters. The van der Waals surface area contributed by atoms with Gasteiger partial charge in [-0.15, -0.1) is 23.1 Å². The van der Waals surface area contributed by atoms with Gasteiger partial charge in [-0.3, -0.25) is 0 Å². The maximum atomic E-state index is 13.5. The molecule has 2 aromatic heterocycles. The van der Waals surface area contributed by atoms with Gasteiger partial charge in [0, 0.05) is 16.8 Å². The number of rotatable bonds is 5. The van der Waals surface area contributed by atoms with Crippen molar-refractivity contribution in [2.24, 2.45) is 5.73 Å². The van der Waals surface area contributed by atoms with Crippen molar-refractivity contribution in [1.82, 2.24) is 15.1 Å². The predicted octanol–water partition coefficient (Wildman–Crippen LogP) is 3.08. The van der Waals surface area contributed by atoms with Crippen LogP contribution in [0, 0.1) is 5.82 Å². The van der Waals surface area contributed by atoms with Gasteiger partial charge in [-0.2, -0.15) is 4.98 Å². The molecule has 0 bridgehead atoms. The third-order valence-electron chi connectivity index (χ3n) is 2.61. The van der Waals surface area contributed by atoms with E-state index in [1.54, 1.807) is 18.2 Å². The molecule has 2 N–H and O–H groups in total. The van der Waals surface area contributed by atoms with E-state index in [9.17, 15) is 4.39 Å². The van der Waals surface area contributed by atoms with Gasteiger partial charge in [0.25, 0.3) is 5.89 Å². The normalized spacial score (nSPS) is 11.0. The minimum atomic E-state index is -0.252. The summed E-state index contributed by atoms with van der Waals surface area (Å²) in [5.41, 5.74) is 6.14. The molecule has 21 heavy (non-hydrogen) atoms. The average Bonchev–Trinajstić information content (AvgIpc) is 3.15. The van der Waals surface area contributed by atoms with E-state index in [1.807, 2.05) is 5.38 Å². The summed E-state index contributed by atoms with van der Waals surface area (Å²) in [7, 11) is 0. The molecular weight excluding hydrogens is 311 g/mol. The molecule has 2 heterocycles. The van der Waals surface area contributed by atoms with Gasteiger partial charge in [0.1, 0.15) is 16.5 Å². The zero-order valence-corrected chi connectivity index (χ0v) is 12.5. The SMILES string of the molecule is NCc1nc(-c2nc(CSc3ccccc3F)no2)cs1. The molecule has 8 heteroatoms. The fourth-order valence-corrected chi connectivity index (χ4v) is 3.05. The molecule has 0 amide bonds. The topological polar surface area (TPSA) is 77.8 Å². The Hall–Kier alpha value is -1.77. The number of aromatic nitrogens is 3. The molecular formula is C13H11FN4OS2. The minimum Gasteiger partial charge on any atom is -0.332 e. The monoisotopic (exact) mass is 322 g/mol.